The zero-order valence-electron chi connectivity index (χ0n) is 34.2. The number of carbonyl (C=O) groups is 1. The Balaban J connectivity index is 7.44. The van der Waals surface area contributed by atoms with Gasteiger partial charge in [-0.25, -0.2) is 4.79 Å². The van der Waals surface area contributed by atoms with Crippen molar-refractivity contribution in [1.82, 2.24) is 0 Å². The summed E-state index contributed by atoms with van der Waals surface area (Å²) >= 11 is 0. The van der Waals surface area contributed by atoms with E-state index in [1.807, 2.05) is 0 Å². The third-order valence-corrected chi connectivity index (χ3v) is 29.1. The first-order valence-corrected chi connectivity index (χ1v) is 40.6. The van der Waals surface area contributed by atoms with E-state index in [4.69, 9.17) is 43.6 Å². The number of rotatable bonds is 29. The van der Waals surface area contributed by atoms with E-state index in [0.717, 1.165) is 18.1 Å². The molecule has 292 valence electrons. The number of ether oxygens (including phenoxy) is 1. The Bertz CT molecular complexity index is 887. The summed E-state index contributed by atoms with van der Waals surface area (Å²) in [5.74, 6) is -0.402. The molecule has 11 nitrogen and oxygen atoms in total. The van der Waals surface area contributed by atoms with E-state index in [-0.39, 0.29) is 6.61 Å². The lowest BCUT2D eigenvalue weighted by atomic mass is 10.4. The van der Waals surface area contributed by atoms with E-state index in [2.05, 4.69) is 85.1 Å². The molecule has 0 aliphatic rings. The van der Waals surface area contributed by atoms with Crippen molar-refractivity contribution < 1.29 is 48.4 Å². The maximum absolute atomic E-state index is 12.4. The first-order chi connectivity index (χ1) is 22.3. The van der Waals surface area contributed by atoms with Crippen LogP contribution >= 0.6 is 0 Å². The summed E-state index contributed by atoms with van der Waals surface area (Å²) in [6.07, 6.45) is 2.11. The molecule has 21 heteroatoms. The minimum Gasteiger partial charge on any atom is -0.462 e. The average molecular weight is 868 g/mol. The van der Waals surface area contributed by atoms with Crippen LogP contribution in [-0.4, -0.2) is 141 Å². The molecular weight excluding hydrogens is 793 g/mol. The smallest absolute Gasteiger partial charge is 0.462 e. The lowest BCUT2D eigenvalue weighted by Crippen LogP contribution is -2.67. The van der Waals surface area contributed by atoms with Gasteiger partial charge in [0.2, 0.25) is 25.0 Å². The van der Waals surface area contributed by atoms with Crippen LogP contribution in [0.25, 0.3) is 0 Å². The lowest BCUT2D eigenvalue weighted by Gasteiger charge is -2.47. The zero-order valence-corrected chi connectivity index (χ0v) is 47.2. The van der Waals surface area contributed by atoms with Gasteiger partial charge in [0.25, 0.3) is 0 Å². The number of carbonyl (C=O) groups excluding carboxylic acids is 1. The van der Waals surface area contributed by atoms with Gasteiger partial charge in [-0.05, 0) is 110 Å². The topological polar surface area (TPSA) is 109 Å². The molecule has 3 unspecified atom stereocenters. The molecule has 0 radical (unpaired) electrons. The summed E-state index contributed by atoms with van der Waals surface area (Å²) in [5.41, 5.74) is 0.372. The van der Waals surface area contributed by atoms with E-state index in [0.29, 0.717) is 88.0 Å². The van der Waals surface area contributed by atoms with E-state index < -0.39 is 64.7 Å². The van der Waals surface area contributed by atoms with Crippen molar-refractivity contribution in [2.75, 3.05) is 45.1 Å². The summed E-state index contributed by atoms with van der Waals surface area (Å²) in [6.45, 7) is 34.0. The molecule has 0 fully saturated rings. The normalized spacial score (nSPS) is 18.1. The summed E-state index contributed by atoms with van der Waals surface area (Å²) in [7, 11) is -15.3. The van der Waals surface area contributed by atoms with Crippen LogP contribution in [0.2, 0.25) is 103 Å². The van der Waals surface area contributed by atoms with Gasteiger partial charge in [-0.15, -0.1) is 0 Å². The van der Waals surface area contributed by atoms with Gasteiger partial charge < -0.3 is 43.6 Å². The second kappa shape index (κ2) is 22.4. The second-order valence-electron chi connectivity index (χ2n) is 16.8. The molecule has 0 aliphatic heterocycles. The fraction of sp³-hybridized carbons (Fsp3) is 0.893. The Morgan fingerprint density at radius 2 is 0.837 bits per heavy atom. The highest BCUT2D eigenvalue weighted by molar-refractivity contribution is 6.92. The molecular formula is C28H74O11Si10. The molecule has 0 saturated heterocycles. The molecule has 3 atom stereocenters. The van der Waals surface area contributed by atoms with Crippen molar-refractivity contribution in [3.05, 3.63) is 12.2 Å². The second-order valence-corrected chi connectivity index (χ2v) is 47.4. The Morgan fingerprint density at radius 1 is 0.531 bits per heavy atom. The van der Waals surface area contributed by atoms with Crippen LogP contribution < -0.4 is 0 Å². The van der Waals surface area contributed by atoms with Crippen molar-refractivity contribution >= 4 is 96.1 Å². The van der Waals surface area contributed by atoms with Gasteiger partial charge in [-0.3, -0.25) is 0 Å². The van der Waals surface area contributed by atoms with Crippen LogP contribution in [0.3, 0.4) is 0 Å². The van der Waals surface area contributed by atoms with Crippen molar-refractivity contribution in [3.63, 3.8) is 0 Å². The highest BCUT2D eigenvalue weighted by Gasteiger charge is 2.55. The van der Waals surface area contributed by atoms with Gasteiger partial charge in [-0.1, -0.05) is 6.58 Å². The Morgan fingerprint density at radius 3 is 1.08 bits per heavy atom. The zero-order chi connectivity index (χ0) is 38.2. The van der Waals surface area contributed by atoms with Crippen molar-refractivity contribution in [2.45, 2.75) is 116 Å². The summed E-state index contributed by atoms with van der Waals surface area (Å²) < 4.78 is 65.6. The third kappa shape index (κ3) is 24.1. The van der Waals surface area contributed by atoms with E-state index in [1.54, 1.807) is 6.92 Å². The van der Waals surface area contributed by atoms with Gasteiger partial charge >= 0.3 is 14.8 Å². The molecule has 0 aromatic heterocycles. The fourth-order valence-electron chi connectivity index (χ4n) is 4.44. The monoisotopic (exact) mass is 866 g/mol. The van der Waals surface area contributed by atoms with Crippen LogP contribution in [-0.2, 0) is 48.4 Å². The highest BCUT2D eigenvalue weighted by Crippen LogP contribution is 2.35. The van der Waals surface area contributed by atoms with Crippen LogP contribution in [0.15, 0.2) is 12.2 Å². The van der Waals surface area contributed by atoms with Crippen LogP contribution in [0.4, 0.5) is 0 Å². The number of esters is 1. The maximum atomic E-state index is 12.4. The molecule has 0 aliphatic carbocycles. The quantitative estimate of drug-likeness (QED) is 0.0479. The summed E-state index contributed by atoms with van der Waals surface area (Å²) in [6, 6.07) is 2.76. The van der Waals surface area contributed by atoms with Crippen molar-refractivity contribution in [1.29, 1.82) is 0 Å². The SMILES string of the molecule is C=C(C)C(=O)OCCC[Si](O[Si](C)(CCO[SiH3])CO[Si](C)(C)C)(O[Si](C)(CCO[SiH3])CO[Si](C)(C)C)O[Si](C)(CCO[SiH3])CO[Si](C)(C)C. The lowest BCUT2D eigenvalue weighted by molar-refractivity contribution is -0.139. The van der Waals surface area contributed by atoms with Crippen molar-refractivity contribution in [2.24, 2.45) is 0 Å². The van der Waals surface area contributed by atoms with Crippen LogP contribution in [0, 0.1) is 0 Å². The predicted octanol–water partition coefficient (Wildman–Crippen LogP) is 3.27. The molecule has 0 rings (SSSR count). The molecule has 0 saturated carbocycles. The predicted molar refractivity (Wildman–Crippen MR) is 229 cm³/mol. The van der Waals surface area contributed by atoms with Gasteiger partial charge in [0.1, 0.15) is 31.5 Å². The first kappa shape index (κ1) is 50.0. The molecule has 49 heavy (non-hydrogen) atoms. The van der Waals surface area contributed by atoms with Crippen molar-refractivity contribution in [3.8, 4) is 0 Å². The molecule has 0 bridgehead atoms. The molecule has 0 amide bonds. The molecule has 0 aromatic rings. The number of hydrogen-bond acceptors (Lipinski definition) is 11. The van der Waals surface area contributed by atoms with Gasteiger partial charge in [-0.2, -0.15) is 0 Å². The van der Waals surface area contributed by atoms with Gasteiger partial charge in [0, 0.05) is 31.4 Å². The Kier molecular flexibility index (Phi) is 22.9. The Labute approximate surface area is 316 Å². The first-order valence-electron chi connectivity index (χ1n) is 17.6. The Hall–Kier alpha value is 1.02. The van der Waals surface area contributed by atoms with Gasteiger partial charge in [0.05, 0.1) is 25.3 Å². The van der Waals surface area contributed by atoms with E-state index in [9.17, 15) is 4.79 Å². The molecule has 0 heterocycles. The molecule has 0 aromatic carbocycles. The molecule has 0 spiro atoms. The van der Waals surface area contributed by atoms with Crippen LogP contribution in [0.1, 0.15) is 13.3 Å². The average Bonchev–Trinajstić information content (AvgIpc) is 2.96. The van der Waals surface area contributed by atoms with Gasteiger partial charge in [0.15, 0.2) is 25.0 Å². The highest BCUT2D eigenvalue weighted by atomic mass is 28.5. The standard InChI is InChI=1S/C28H74O11Si10/c1-27(2)28(29)30-16-15-20-49(37-46(12,21-17-31-40)24-34-43(3,4)5,38-47(13,22-18-32-41)25-35-44(6,7)8)39-48(14,23-19-33-42)26-36-45(9,10)11/h1,15-26H2,2-14,40-42H3. The van der Waals surface area contributed by atoms with E-state index >= 15 is 0 Å². The molecule has 0 N–H and O–H groups in total. The summed E-state index contributed by atoms with van der Waals surface area (Å²) in [5, 5.41) is 0. The minimum atomic E-state index is -3.59. The number of hydrogen-bond donors (Lipinski definition) is 0. The fourth-order valence-corrected chi connectivity index (χ4v) is 31.8. The third-order valence-electron chi connectivity index (χ3n) is 7.35. The van der Waals surface area contributed by atoms with Crippen LogP contribution in [0.5, 0.6) is 0 Å². The van der Waals surface area contributed by atoms with E-state index in [1.165, 1.54) is 0 Å². The largest absolute Gasteiger partial charge is 0.469 e. The maximum Gasteiger partial charge on any atom is 0.469 e. The summed E-state index contributed by atoms with van der Waals surface area (Å²) in [4.78, 5) is 12.4. The minimum absolute atomic E-state index is 0.213.